The minimum absolute atomic E-state index is 0.0104. The molecule has 166 valence electrons. The van der Waals surface area contributed by atoms with Crippen molar-refractivity contribution in [3.05, 3.63) is 33.8 Å². The molecule has 2 fully saturated rings. The summed E-state index contributed by atoms with van der Waals surface area (Å²) in [6.07, 6.45) is 2.98. The first kappa shape index (κ1) is 23.3. The third kappa shape index (κ3) is 6.56. The third-order valence-electron chi connectivity index (χ3n) is 5.59. The summed E-state index contributed by atoms with van der Waals surface area (Å²) in [4.78, 5) is 24.7. The normalized spacial score (nSPS) is 25.0. The van der Waals surface area contributed by atoms with Crippen LogP contribution in [-0.2, 0) is 14.3 Å². The van der Waals surface area contributed by atoms with Crippen LogP contribution >= 0.6 is 23.2 Å². The highest BCUT2D eigenvalue weighted by molar-refractivity contribution is 6.35. The van der Waals surface area contributed by atoms with Crippen molar-refractivity contribution in [2.75, 3.05) is 26.4 Å². The predicted octanol–water partition coefficient (Wildman–Crippen LogP) is 2.56. The number of carbonyl (C=O) groups is 2. The summed E-state index contributed by atoms with van der Waals surface area (Å²) >= 11 is 11.9. The van der Waals surface area contributed by atoms with Gasteiger partial charge < -0.3 is 25.2 Å². The van der Waals surface area contributed by atoms with Crippen LogP contribution in [-0.4, -0.2) is 61.5 Å². The van der Waals surface area contributed by atoms with Crippen LogP contribution in [0.1, 0.15) is 42.5 Å². The Labute approximate surface area is 186 Å². The van der Waals surface area contributed by atoms with E-state index in [1.807, 2.05) is 0 Å². The predicted molar refractivity (Wildman–Crippen MR) is 114 cm³/mol. The second-order valence-electron chi connectivity index (χ2n) is 7.76. The molecule has 1 aromatic carbocycles. The Kier molecular flexibility index (Phi) is 8.77. The van der Waals surface area contributed by atoms with E-state index in [2.05, 4.69) is 10.6 Å². The number of nitrogens with one attached hydrogen (secondary N) is 2. The van der Waals surface area contributed by atoms with Gasteiger partial charge in [0, 0.05) is 41.3 Å². The highest BCUT2D eigenvalue weighted by Crippen LogP contribution is 2.23. The standard InChI is InChI=1S/C21H28Cl2N2O5/c22-15-9-14(10-16(23)11-15)20(27)24-6-3-17-1-2-18(19(12-26)30-17)25-21(28)13-4-7-29-8-5-13/h9-11,13,17-19,26H,1-8,12H2,(H,24,27)(H,25,28)/t17-,18+,19+/m1/s1. The summed E-state index contributed by atoms with van der Waals surface area (Å²) in [5.74, 6) is -0.280. The SMILES string of the molecule is O=C(NCC[C@H]1CC[C@H](NC(=O)C2CCOCC2)[C@H](CO)O1)c1cc(Cl)cc(Cl)c1. The van der Waals surface area contributed by atoms with Crippen molar-refractivity contribution in [3.8, 4) is 0 Å². The highest BCUT2D eigenvalue weighted by Gasteiger charge is 2.33. The zero-order valence-corrected chi connectivity index (χ0v) is 18.3. The van der Waals surface area contributed by atoms with Crippen LogP contribution in [0.4, 0.5) is 0 Å². The molecule has 30 heavy (non-hydrogen) atoms. The van der Waals surface area contributed by atoms with Crippen molar-refractivity contribution in [3.63, 3.8) is 0 Å². The van der Waals surface area contributed by atoms with Gasteiger partial charge in [-0.25, -0.2) is 0 Å². The van der Waals surface area contributed by atoms with Gasteiger partial charge in [0.15, 0.2) is 0 Å². The van der Waals surface area contributed by atoms with E-state index in [1.165, 1.54) is 0 Å². The molecule has 0 bridgehead atoms. The van der Waals surface area contributed by atoms with Gasteiger partial charge in [-0.15, -0.1) is 0 Å². The number of benzene rings is 1. The summed E-state index contributed by atoms with van der Waals surface area (Å²) in [6.45, 7) is 1.48. The lowest BCUT2D eigenvalue weighted by Gasteiger charge is -2.37. The number of hydrogen-bond donors (Lipinski definition) is 3. The molecule has 3 N–H and O–H groups in total. The van der Waals surface area contributed by atoms with E-state index in [1.54, 1.807) is 18.2 Å². The second-order valence-corrected chi connectivity index (χ2v) is 8.63. The van der Waals surface area contributed by atoms with Gasteiger partial charge in [-0.2, -0.15) is 0 Å². The molecule has 2 saturated heterocycles. The van der Waals surface area contributed by atoms with E-state index >= 15 is 0 Å². The van der Waals surface area contributed by atoms with Crippen molar-refractivity contribution in [1.82, 2.24) is 10.6 Å². The smallest absolute Gasteiger partial charge is 0.251 e. The lowest BCUT2D eigenvalue weighted by atomic mass is 9.94. The quantitative estimate of drug-likeness (QED) is 0.583. The monoisotopic (exact) mass is 458 g/mol. The van der Waals surface area contributed by atoms with Crippen molar-refractivity contribution >= 4 is 35.0 Å². The van der Waals surface area contributed by atoms with Crippen LogP contribution in [0.25, 0.3) is 0 Å². The van der Waals surface area contributed by atoms with Crippen molar-refractivity contribution in [2.24, 2.45) is 5.92 Å². The lowest BCUT2D eigenvalue weighted by molar-refractivity contribution is -0.134. The molecular formula is C21H28Cl2N2O5. The Balaban J connectivity index is 1.43. The van der Waals surface area contributed by atoms with Crippen molar-refractivity contribution in [1.29, 1.82) is 0 Å². The van der Waals surface area contributed by atoms with Gasteiger partial charge in [-0.1, -0.05) is 23.2 Å². The summed E-state index contributed by atoms with van der Waals surface area (Å²) in [5, 5.41) is 16.4. The average molecular weight is 459 g/mol. The molecule has 3 atom stereocenters. The van der Waals surface area contributed by atoms with E-state index in [9.17, 15) is 14.7 Å². The molecule has 2 amide bonds. The van der Waals surface area contributed by atoms with Gasteiger partial charge in [0.05, 0.1) is 18.8 Å². The van der Waals surface area contributed by atoms with Crippen LogP contribution in [0.2, 0.25) is 10.0 Å². The number of aliphatic hydroxyl groups is 1. The second kappa shape index (κ2) is 11.3. The molecule has 2 heterocycles. The van der Waals surface area contributed by atoms with Crippen LogP contribution in [0.15, 0.2) is 18.2 Å². The highest BCUT2D eigenvalue weighted by atomic mass is 35.5. The Morgan fingerprint density at radius 1 is 1.07 bits per heavy atom. The summed E-state index contributed by atoms with van der Waals surface area (Å²) < 4.78 is 11.3. The van der Waals surface area contributed by atoms with Crippen molar-refractivity contribution < 1.29 is 24.2 Å². The minimum atomic E-state index is -0.449. The molecule has 0 saturated carbocycles. The lowest BCUT2D eigenvalue weighted by Crippen LogP contribution is -2.52. The Morgan fingerprint density at radius 3 is 2.43 bits per heavy atom. The van der Waals surface area contributed by atoms with Crippen LogP contribution < -0.4 is 10.6 Å². The summed E-state index contributed by atoms with van der Waals surface area (Å²) in [6, 6.07) is 4.49. The fourth-order valence-corrected chi connectivity index (χ4v) is 4.43. The topological polar surface area (TPSA) is 96.9 Å². The van der Waals surface area contributed by atoms with Crippen LogP contribution in [0.3, 0.4) is 0 Å². The molecular weight excluding hydrogens is 431 g/mol. The van der Waals surface area contributed by atoms with E-state index < -0.39 is 6.10 Å². The number of carbonyl (C=O) groups excluding carboxylic acids is 2. The first-order chi connectivity index (χ1) is 14.5. The molecule has 7 nitrogen and oxygen atoms in total. The zero-order chi connectivity index (χ0) is 21.5. The van der Waals surface area contributed by atoms with E-state index in [-0.39, 0.29) is 36.5 Å². The first-order valence-electron chi connectivity index (χ1n) is 10.3. The number of ether oxygens (including phenoxy) is 2. The van der Waals surface area contributed by atoms with Crippen molar-refractivity contribution in [2.45, 2.75) is 50.4 Å². The fraction of sp³-hybridized carbons (Fsp3) is 0.619. The molecule has 9 heteroatoms. The first-order valence-corrected chi connectivity index (χ1v) is 11.1. The van der Waals surface area contributed by atoms with Gasteiger partial charge in [0.25, 0.3) is 5.91 Å². The molecule has 0 aromatic heterocycles. The molecule has 1 aromatic rings. The number of rotatable bonds is 7. The number of aliphatic hydroxyl groups excluding tert-OH is 1. The van der Waals surface area contributed by atoms with Gasteiger partial charge in [0.2, 0.25) is 5.91 Å². The minimum Gasteiger partial charge on any atom is -0.394 e. The Morgan fingerprint density at radius 2 is 1.77 bits per heavy atom. The largest absolute Gasteiger partial charge is 0.394 e. The van der Waals surface area contributed by atoms with Crippen LogP contribution in [0.5, 0.6) is 0 Å². The summed E-state index contributed by atoms with van der Waals surface area (Å²) in [7, 11) is 0. The molecule has 0 unspecified atom stereocenters. The molecule has 0 aliphatic carbocycles. The zero-order valence-electron chi connectivity index (χ0n) is 16.7. The molecule has 0 spiro atoms. The van der Waals surface area contributed by atoms with Crippen LogP contribution in [0, 0.1) is 5.92 Å². The molecule has 2 aliphatic rings. The Bertz CT molecular complexity index is 722. The van der Waals surface area contributed by atoms with Gasteiger partial charge in [0.1, 0.15) is 6.10 Å². The van der Waals surface area contributed by atoms with Gasteiger partial charge in [-0.3, -0.25) is 9.59 Å². The van der Waals surface area contributed by atoms with Gasteiger partial charge in [-0.05, 0) is 50.3 Å². The maximum Gasteiger partial charge on any atom is 0.251 e. The third-order valence-corrected chi connectivity index (χ3v) is 6.03. The molecule has 3 rings (SSSR count). The van der Waals surface area contributed by atoms with Gasteiger partial charge >= 0.3 is 0 Å². The molecule has 2 aliphatic heterocycles. The van der Waals surface area contributed by atoms with E-state index in [0.29, 0.717) is 41.8 Å². The average Bonchev–Trinajstić information content (AvgIpc) is 2.74. The van der Waals surface area contributed by atoms with E-state index in [0.717, 1.165) is 25.7 Å². The maximum atomic E-state index is 12.5. The number of halogens is 2. The number of amides is 2. The summed E-state index contributed by atoms with van der Waals surface area (Å²) in [5.41, 5.74) is 0.404. The fourth-order valence-electron chi connectivity index (χ4n) is 3.90. The number of hydrogen-bond acceptors (Lipinski definition) is 5. The van der Waals surface area contributed by atoms with E-state index in [4.69, 9.17) is 32.7 Å². The molecule has 0 radical (unpaired) electrons. The Hall–Kier alpha value is -1.38. The maximum absolute atomic E-state index is 12.5.